The third-order valence-electron chi connectivity index (χ3n) is 4.64. The summed E-state index contributed by atoms with van der Waals surface area (Å²) in [6.07, 6.45) is -3.74. The third kappa shape index (κ3) is 3.38. The first-order valence-corrected chi connectivity index (χ1v) is 9.11. The predicted octanol–water partition coefficient (Wildman–Crippen LogP) is 4.95. The van der Waals surface area contributed by atoms with Crippen LogP contribution in [0.25, 0.3) is 0 Å². The summed E-state index contributed by atoms with van der Waals surface area (Å²) < 4.78 is 44.0. The lowest BCUT2D eigenvalue weighted by Crippen LogP contribution is -2.26. The Morgan fingerprint density at radius 3 is 2.76 bits per heavy atom. The molecule has 7 heteroatoms. The Morgan fingerprint density at radius 2 is 2.08 bits per heavy atom. The van der Waals surface area contributed by atoms with Crippen molar-refractivity contribution in [1.29, 1.82) is 0 Å². The fourth-order valence-corrected chi connectivity index (χ4v) is 4.61. The van der Waals surface area contributed by atoms with Crippen LogP contribution in [0, 0.1) is 0 Å². The van der Waals surface area contributed by atoms with Gasteiger partial charge in [-0.2, -0.15) is 13.2 Å². The molecule has 3 nitrogen and oxygen atoms in total. The smallest absolute Gasteiger partial charge is 0.450 e. The maximum atomic E-state index is 13.1. The van der Waals surface area contributed by atoms with Crippen molar-refractivity contribution in [1.82, 2.24) is 0 Å². The van der Waals surface area contributed by atoms with Gasteiger partial charge in [0.1, 0.15) is 4.91 Å². The minimum Gasteiger partial charge on any atom is -0.487 e. The van der Waals surface area contributed by atoms with Crippen molar-refractivity contribution in [3.8, 4) is 0 Å². The quantitative estimate of drug-likeness (QED) is 0.800. The molecule has 25 heavy (non-hydrogen) atoms. The number of halogens is 3. The van der Waals surface area contributed by atoms with Crippen LogP contribution in [0.5, 0.6) is 0 Å². The largest absolute Gasteiger partial charge is 0.487 e. The van der Waals surface area contributed by atoms with Crippen LogP contribution in [0.2, 0.25) is 0 Å². The number of benzene rings is 1. The molecule has 0 radical (unpaired) electrons. The Balaban J connectivity index is 1.95. The molecule has 1 atom stereocenters. The first-order chi connectivity index (χ1) is 11.6. The van der Waals surface area contributed by atoms with Crippen molar-refractivity contribution in [3.05, 3.63) is 40.0 Å². The van der Waals surface area contributed by atoms with Crippen molar-refractivity contribution in [2.45, 2.75) is 44.7 Å². The van der Waals surface area contributed by atoms with Crippen LogP contribution in [-0.2, 0) is 14.9 Å². The highest BCUT2D eigenvalue weighted by Gasteiger charge is 2.43. The van der Waals surface area contributed by atoms with Crippen LogP contribution in [0.15, 0.2) is 28.9 Å². The molecular formula is C18H20F3NO2S. The first-order valence-electron chi connectivity index (χ1n) is 8.13. The van der Waals surface area contributed by atoms with Gasteiger partial charge in [-0.25, -0.2) is 0 Å². The predicted molar refractivity (Wildman–Crippen MR) is 92.6 cm³/mol. The van der Waals surface area contributed by atoms with E-state index in [1.54, 1.807) is 6.07 Å². The Labute approximate surface area is 149 Å². The molecule has 3 rings (SSSR count). The average Bonchev–Trinajstić information content (AvgIpc) is 2.77. The van der Waals surface area contributed by atoms with E-state index in [9.17, 15) is 18.0 Å². The summed E-state index contributed by atoms with van der Waals surface area (Å²) in [6.45, 7) is 6.29. The van der Waals surface area contributed by atoms with Crippen molar-refractivity contribution in [2.24, 2.45) is 0 Å². The molecule has 0 aromatic heterocycles. The number of rotatable bonds is 2. The van der Waals surface area contributed by atoms with Crippen molar-refractivity contribution in [2.75, 3.05) is 17.7 Å². The zero-order valence-corrected chi connectivity index (χ0v) is 15.1. The summed E-state index contributed by atoms with van der Waals surface area (Å²) in [7, 11) is 0. The molecule has 1 heterocycles. The second kappa shape index (κ2) is 6.27. The molecule has 1 N–H and O–H groups in total. The maximum absolute atomic E-state index is 13.1. The molecule has 1 aromatic rings. The summed E-state index contributed by atoms with van der Waals surface area (Å²) in [5.74, 6) is -1.41. The van der Waals surface area contributed by atoms with Crippen LogP contribution < -0.4 is 5.32 Å². The Kier molecular flexibility index (Phi) is 4.56. The van der Waals surface area contributed by atoms with E-state index in [1.165, 1.54) is 0 Å². The Hall–Kier alpha value is -1.63. The summed E-state index contributed by atoms with van der Waals surface area (Å²) in [6, 6.07) is 5.60. The number of thioether (sulfide) groups is 1. The van der Waals surface area contributed by atoms with Crippen molar-refractivity contribution < 1.29 is 22.7 Å². The zero-order chi connectivity index (χ0) is 18.4. The number of carbonyl (C=O) groups is 1. The summed E-state index contributed by atoms with van der Waals surface area (Å²) in [4.78, 5) is 12.1. The normalized spacial score (nSPS) is 22.4. The van der Waals surface area contributed by atoms with Crippen LogP contribution in [0.3, 0.4) is 0 Å². The topological polar surface area (TPSA) is 38.3 Å². The monoisotopic (exact) mass is 371 g/mol. The molecule has 1 amide bonds. The highest BCUT2D eigenvalue weighted by Crippen LogP contribution is 2.48. The Bertz CT molecular complexity index is 740. The van der Waals surface area contributed by atoms with E-state index in [2.05, 4.69) is 26.1 Å². The van der Waals surface area contributed by atoms with Gasteiger partial charge in [-0.05, 0) is 34.9 Å². The van der Waals surface area contributed by atoms with Crippen molar-refractivity contribution in [3.63, 3.8) is 0 Å². The van der Waals surface area contributed by atoms with Crippen LogP contribution >= 0.6 is 11.8 Å². The maximum Gasteiger partial charge on any atom is 0.450 e. The summed E-state index contributed by atoms with van der Waals surface area (Å²) in [5, 5.41) is 2.68. The lowest BCUT2D eigenvalue weighted by Gasteiger charge is -2.23. The molecule has 1 aromatic carbocycles. The van der Waals surface area contributed by atoms with Gasteiger partial charge in [-0.15, -0.1) is 11.8 Å². The van der Waals surface area contributed by atoms with E-state index in [1.807, 2.05) is 12.1 Å². The van der Waals surface area contributed by atoms with E-state index in [0.717, 1.165) is 29.3 Å². The molecule has 0 fully saturated rings. The SMILES string of the molecule is CC1CC(C)(C)c2cccc(NC(=O)C3=C(C(F)(F)F)OCCS3)c21. The molecule has 0 bridgehead atoms. The number of anilines is 1. The molecule has 0 saturated carbocycles. The van der Waals surface area contributed by atoms with Crippen LogP contribution in [0.4, 0.5) is 18.9 Å². The van der Waals surface area contributed by atoms with E-state index in [-0.39, 0.29) is 17.9 Å². The van der Waals surface area contributed by atoms with Gasteiger partial charge in [0.05, 0.1) is 6.61 Å². The van der Waals surface area contributed by atoms with E-state index < -0.39 is 22.7 Å². The number of ether oxygens (including phenoxy) is 1. The highest BCUT2D eigenvalue weighted by atomic mass is 32.2. The van der Waals surface area contributed by atoms with Gasteiger partial charge >= 0.3 is 6.18 Å². The number of nitrogens with one attached hydrogen (secondary N) is 1. The fraction of sp³-hybridized carbons (Fsp3) is 0.500. The van der Waals surface area contributed by atoms with Gasteiger partial charge < -0.3 is 10.1 Å². The van der Waals surface area contributed by atoms with E-state index in [0.29, 0.717) is 11.4 Å². The van der Waals surface area contributed by atoms with Crippen LogP contribution in [0.1, 0.15) is 44.2 Å². The summed E-state index contributed by atoms with van der Waals surface area (Å²) >= 11 is 0.882. The van der Waals surface area contributed by atoms with Gasteiger partial charge in [-0.3, -0.25) is 4.79 Å². The van der Waals surface area contributed by atoms with E-state index >= 15 is 0 Å². The minimum atomic E-state index is -4.67. The summed E-state index contributed by atoms with van der Waals surface area (Å²) in [5.41, 5.74) is 2.71. The van der Waals surface area contributed by atoms with Crippen LogP contribution in [-0.4, -0.2) is 24.4 Å². The standard InChI is InChI=1S/C18H20F3NO2S/c1-10-9-17(2,3)11-5-4-6-12(13(10)11)22-16(23)14-15(18(19,20)21)24-7-8-25-14/h4-6,10H,7-9H2,1-3H3,(H,22,23). The molecule has 0 spiro atoms. The third-order valence-corrected chi connectivity index (χ3v) is 5.67. The lowest BCUT2D eigenvalue weighted by atomic mass is 9.86. The number of alkyl halides is 3. The average molecular weight is 371 g/mol. The molecule has 1 aliphatic heterocycles. The second-order valence-electron chi connectivity index (χ2n) is 7.06. The van der Waals surface area contributed by atoms with Gasteiger partial charge in [0.25, 0.3) is 5.91 Å². The molecule has 2 aliphatic rings. The van der Waals surface area contributed by atoms with Gasteiger partial charge in [-0.1, -0.05) is 32.9 Å². The van der Waals surface area contributed by atoms with Gasteiger partial charge in [0, 0.05) is 11.4 Å². The number of fused-ring (bicyclic) bond motifs is 1. The second-order valence-corrected chi connectivity index (χ2v) is 8.17. The number of hydrogen-bond donors (Lipinski definition) is 1. The zero-order valence-electron chi connectivity index (χ0n) is 14.3. The molecule has 1 unspecified atom stereocenters. The highest BCUT2D eigenvalue weighted by molar-refractivity contribution is 8.04. The number of carbonyl (C=O) groups excluding carboxylic acids is 1. The van der Waals surface area contributed by atoms with Crippen molar-refractivity contribution >= 4 is 23.4 Å². The molecule has 136 valence electrons. The number of allylic oxidation sites excluding steroid dienone is 1. The molecular weight excluding hydrogens is 351 g/mol. The van der Waals surface area contributed by atoms with Gasteiger partial charge in [0.15, 0.2) is 0 Å². The Morgan fingerprint density at radius 1 is 1.36 bits per heavy atom. The van der Waals surface area contributed by atoms with Gasteiger partial charge in [0.2, 0.25) is 5.76 Å². The molecule has 0 saturated heterocycles. The van der Waals surface area contributed by atoms with E-state index in [4.69, 9.17) is 4.74 Å². The lowest BCUT2D eigenvalue weighted by molar-refractivity contribution is -0.133. The first kappa shape index (κ1) is 18.2. The number of amides is 1. The number of hydrogen-bond acceptors (Lipinski definition) is 3. The minimum absolute atomic E-state index is 0.0193. The molecule has 1 aliphatic carbocycles. The fourth-order valence-electron chi connectivity index (χ4n) is 3.75.